The van der Waals surface area contributed by atoms with E-state index < -0.39 is 48.2 Å². The molecule has 36 heavy (non-hydrogen) atoms. The van der Waals surface area contributed by atoms with E-state index in [9.17, 15) is 19.5 Å². The van der Waals surface area contributed by atoms with Gasteiger partial charge in [-0.1, -0.05) is 61.2 Å². The first-order chi connectivity index (χ1) is 17.0. The maximum Gasteiger partial charge on any atom is 0.408 e. The molecule has 2 rings (SSSR count). The number of amides is 3. The number of hydrogen-bond donors (Lipinski definition) is 3. The molecule has 0 aliphatic heterocycles. The zero-order chi connectivity index (χ0) is 26.9. The highest BCUT2D eigenvalue weighted by molar-refractivity contribution is 5.92. The van der Waals surface area contributed by atoms with Crippen molar-refractivity contribution < 1.29 is 24.2 Å². The highest BCUT2D eigenvalue weighted by Crippen LogP contribution is 2.26. The van der Waals surface area contributed by atoms with Crippen molar-refractivity contribution in [1.29, 1.82) is 0 Å². The summed E-state index contributed by atoms with van der Waals surface area (Å²) < 4.78 is 5.25. The molecule has 0 aliphatic carbocycles. The molecule has 0 saturated heterocycles. The third kappa shape index (κ3) is 8.23. The molecule has 0 heterocycles. The van der Waals surface area contributed by atoms with Crippen molar-refractivity contribution in [3.05, 3.63) is 77.9 Å². The van der Waals surface area contributed by atoms with Crippen molar-refractivity contribution in [1.82, 2.24) is 15.5 Å². The molecule has 0 bridgehead atoms. The second-order valence-electron chi connectivity index (χ2n) is 9.70. The van der Waals surface area contributed by atoms with Gasteiger partial charge >= 0.3 is 6.09 Å². The monoisotopic (exact) mass is 495 g/mol. The Balaban J connectivity index is 2.42. The molecule has 0 aliphatic rings. The number of rotatable bonds is 10. The van der Waals surface area contributed by atoms with Gasteiger partial charge in [0.2, 0.25) is 11.8 Å². The Morgan fingerprint density at radius 3 is 2.31 bits per heavy atom. The van der Waals surface area contributed by atoms with Gasteiger partial charge in [-0.05, 0) is 57.4 Å². The van der Waals surface area contributed by atoms with E-state index >= 15 is 0 Å². The van der Waals surface area contributed by atoms with Crippen LogP contribution < -0.4 is 10.6 Å². The molecule has 0 spiro atoms. The number of carbonyl (C=O) groups excluding carboxylic acids is 3. The summed E-state index contributed by atoms with van der Waals surface area (Å²) in [6.07, 6.45) is 0.822. The van der Waals surface area contributed by atoms with Crippen LogP contribution in [0.15, 0.2) is 61.2 Å². The van der Waals surface area contributed by atoms with Crippen LogP contribution in [0.25, 0.3) is 6.08 Å². The fourth-order valence-corrected chi connectivity index (χ4v) is 3.67. The van der Waals surface area contributed by atoms with Crippen LogP contribution in [-0.2, 0) is 20.9 Å². The van der Waals surface area contributed by atoms with E-state index in [1.807, 2.05) is 36.4 Å². The van der Waals surface area contributed by atoms with Crippen LogP contribution in [0.5, 0.6) is 0 Å². The van der Waals surface area contributed by atoms with Crippen LogP contribution in [0, 0.1) is 0 Å². The molecule has 2 unspecified atom stereocenters. The van der Waals surface area contributed by atoms with Gasteiger partial charge in [0.1, 0.15) is 17.7 Å². The Bertz CT molecular complexity index is 1050. The summed E-state index contributed by atoms with van der Waals surface area (Å²) in [6, 6.07) is 13.9. The van der Waals surface area contributed by atoms with Crippen molar-refractivity contribution in [3.63, 3.8) is 0 Å². The first kappa shape index (κ1) is 28.6. The minimum atomic E-state index is -1.30. The van der Waals surface area contributed by atoms with Crippen molar-refractivity contribution in [3.8, 4) is 0 Å². The van der Waals surface area contributed by atoms with Gasteiger partial charge < -0.3 is 25.4 Å². The third-order valence-electron chi connectivity index (χ3n) is 5.28. The van der Waals surface area contributed by atoms with Crippen LogP contribution in [-0.4, -0.2) is 52.2 Å². The SMILES string of the molecule is C=Cc1cccc(C(C(=O)NCc2ccccc2)N(C(=O)C(CO)NC(=O)OC(C)(C)C)C(C)C)c1. The second kappa shape index (κ2) is 12.9. The van der Waals surface area contributed by atoms with Crippen molar-refractivity contribution in [2.75, 3.05) is 6.61 Å². The summed E-state index contributed by atoms with van der Waals surface area (Å²) in [5, 5.41) is 15.3. The molecule has 2 atom stereocenters. The van der Waals surface area contributed by atoms with Crippen LogP contribution in [0.3, 0.4) is 0 Å². The number of nitrogens with zero attached hydrogens (tertiary/aromatic N) is 1. The molecule has 0 saturated carbocycles. The van der Waals surface area contributed by atoms with Gasteiger partial charge in [0.25, 0.3) is 0 Å². The van der Waals surface area contributed by atoms with Gasteiger partial charge in [-0.2, -0.15) is 0 Å². The maximum absolute atomic E-state index is 13.7. The first-order valence-electron chi connectivity index (χ1n) is 11.9. The number of hydrogen-bond acceptors (Lipinski definition) is 5. The first-order valence-corrected chi connectivity index (χ1v) is 11.9. The lowest BCUT2D eigenvalue weighted by Gasteiger charge is -2.37. The number of aliphatic hydroxyl groups is 1. The van der Waals surface area contributed by atoms with Crippen LogP contribution >= 0.6 is 0 Å². The average molecular weight is 496 g/mol. The molecule has 194 valence electrons. The van der Waals surface area contributed by atoms with E-state index in [1.54, 1.807) is 58.9 Å². The number of nitrogens with one attached hydrogen (secondary N) is 2. The van der Waals surface area contributed by atoms with Gasteiger partial charge in [0.15, 0.2) is 0 Å². The largest absolute Gasteiger partial charge is 0.444 e. The number of carbonyl (C=O) groups is 3. The topological polar surface area (TPSA) is 108 Å². The minimum absolute atomic E-state index is 0.275. The van der Waals surface area contributed by atoms with Gasteiger partial charge in [-0.25, -0.2) is 4.79 Å². The van der Waals surface area contributed by atoms with E-state index in [-0.39, 0.29) is 6.54 Å². The van der Waals surface area contributed by atoms with Gasteiger partial charge in [0, 0.05) is 12.6 Å². The van der Waals surface area contributed by atoms with Gasteiger partial charge in [-0.15, -0.1) is 0 Å². The molecule has 8 heteroatoms. The van der Waals surface area contributed by atoms with Gasteiger partial charge in [-0.3, -0.25) is 9.59 Å². The molecule has 0 radical (unpaired) electrons. The predicted molar refractivity (Wildman–Crippen MR) is 140 cm³/mol. The number of ether oxygens (including phenoxy) is 1. The molecule has 3 amide bonds. The van der Waals surface area contributed by atoms with Crippen LogP contribution in [0.1, 0.15) is 57.4 Å². The van der Waals surface area contributed by atoms with Crippen LogP contribution in [0.4, 0.5) is 4.79 Å². The molecular formula is C28H37N3O5. The smallest absolute Gasteiger partial charge is 0.408 e. The number of aliphatic hydroxyl groups excluding tert-OH is 1. The molecular weight excluding hydrogens is 458 g/mol. The molecule has 2 aromatic carbocycles. The summed E-state index contributed by atoms with van der Waals surface area (Å²) >= 11 is 0. The van der Waals surface area contributed by atoms with E-state index in [4.69, 9.17) is 4.74 Å². The summed E-state index contributed by atoms with van der Waals surface area (Å²) in [6.45, 7) is 12.0. The summed E-state index contributed by atoms with van der Waals surface area (Å²) in [5.41, 5.74) is 1.49. The minimum Gasteiger partial charge on any atom is -0.444 e. The Kier molecular flexibility index (Phi) is 10.2. The summed E-state index contributed by atoms with van der Waals surface area (Å²) in [4.78, 5) is 41.0. The number of alkyl carbamates (subject to hydrolysis) is 1. The highest BCUT2D eigenvalue weighted by atomic mass is 16.6. The molecule has 3 N–H and O–H groups in total. The Hall–Kier alpha value is -3.65. The predicted octanol–water partition coefficient (Wildman–Crippen LogP) is 3.81. The zero-order valence-electron chi connectivity index (χ0n) is 21.7. The quantitative estimate of drug-likeness (QED) is 0.465. The van der Waals surface area contributed by atoms with E-state index in [0.29, 0.717) is 5.56 Å². The van der Waals surface area contributed by atoms with E-state index in [2.05, 4.69) is 17.2 Å². The highest BCUT2D eigenvalue weighted by Gasteiger charge is 2.37. The fourth-order valence-electron chi connectivity index (χ4n) is 3.67. The maximum atomic E-state index is 13.7. The normalized spacial score (nSPS) is 12.9. The standard InChI is InChI=1S/C28H37N3O5/c1-7-20-14-11-15-22(16-20)24(25(33)29-17-21-12-9-8-10-13-21)31(19(2)3)26(34)23(18-32)30-27(35)36-28(4,5)6/h7-16,19,23-24,32H,1,17-18H2,2-6H3,(H,29,33)(H,30,35). The third-order valence-corrected chi connectivity index (χ3v) is 5.28. The zero-order valence-corrected chi connectivity index (χ0v) is 21.7. The molecule has 0 aromatic heterocycles. The molecule has 0 fully saturated rings. The Morgan fingerprint density at radius 1 is 1.08 bits per heavy atom. The summed E-state index contributed by atoms with van der Waals surface area (Å²) in [7, 11) is 0. The average Bonchev–Trinajstić information content (AvgIpc) is 2.83. The van der Waals surface area contributed by atoms with E-state index in [0.717, 1.165) is 11.1 Å². The Labute approximate surface area is 213 Å². The molecule has 8 nitrogen and oxygen atoms in total. The lowest BCUT2D eigenvalue weighted by atomic mass is 9.99. The lowest BCUT2D eigenvalue weighted by molar-refractivity contribution is -0.145. The van der Waals surface area contributed by atoms with E-state index in [1.165, 1.54) is 4.90 Å². The van der Waals surface area contributed by atoms with Gasteiger partial charge in [0.05, 0.1) is 6.61 Å². The summed E-state index contributed by atoms with van der Waals surface area (Å²) in [5.74, 6) is -1.00. The lowest BCUT2D eigenvalue weighted by Crippen LogP contribution is -2.56. The number of benzene rings is 2. The van der Waals surface area contributed by atoms with Crippen LogP contribution in [0.2, 0.25) is 0 Å². The Morgan fingerprint density at radius 2 is 1.75 bits per heavy atom. The fraction of sp³-hybridized carbons (Fsp3) is 0.393. The molecule has 2 aromatic rings. The van der Waals surface area contributed by atoms with Crippen molar-refractivity contribution >= 4 is 24.0 Å². The second-order valence-corrected chi connectivity index (χ2v) is 9.70. The van der Waals surface area contributed by atoms with Crippen molar-refractivity contribution in [2.24, 2.45) is 0 Å². The van der Waals surface area contributed by atoms with Crippen molar-refractivity contribution in [2.45, 2.75) is 64.9 Å².